The van der Waals surface area contributed by atoms with Crippen molar-refractivity contribution >= 4 is 23.6 Å². The van der Waals surface area contributed by atoms with Crippen LogP contribution >= 0.6 is 11.8 Å². The summed E-state index contributed by atoms with van der Waals surface area (Å²) < 4.78 is 21.5. The predicted molar refractivity (Wildman–Crippen MR) is 127 cm³/mol. The molecule has 1 saturated heterocycles. The first kappa shape index (κ1) is 24.8. The normalized spacial score (nSPS) is 17.7. The van der Waals surface area contributed by atoms with E-state index in [1.165, 1.54) is 21.3 Å². The molecule has 33 heavy (non-hydrogen) atoms. The van der Waals surface area contributed by atoms with Crippen LogP contribution in [0.15, 0.2) is 35.1 Å². The Morgan fingerprint density at radius 1 is 1.09 bits per heavy atom. The van der Waals surface area contributed by atoms with Crippen molar-refractivity contribution < 1.29 is 28.2 Å². The molecule has 2 aromatic rings. The predicted octanol–water partition coefficient (Wildman–Crippen LogP) is 4.21. The van der Waals surface area contributed by atoms with E-state index in [0.29, 0.717) is 41.7 Å². The van der Waals surface area contributed by atoms with Gasteiger partial charge in [0.25, 0.3) is 5.91 Å². The Balaban J connectivity index is 2.03. The molecule has 2 atom stereocenters. The van der Waals surface area contributed by atoms with Crippen molar-refractivity contribution in [2.75, 3.05) is 40.2 Å². The third-order valence-electron chi connectivity index (χ3n) is 5.56. The fraction of sp³-hybridized carbons (Fsp3) is 0.500. The van der Waals surface area contributed by atoms with E-state index in [2.05, 4.69) is 0 Å². The lowest BCUT2D eigenvalue weighted by Crippen LogP contribution is -2.50. The van der Waals surface area contributed by atoms with Crippen molar-refractivity contribution in [2.45, 2.75) is 38.1 Å². The van der Waals surface area contributed by atoms with Crippen molar-refractivity contribution in [3.05, 3.63) is 41.9 Å². The van der Waals surface area contributed by atoms with E-state index in [4.69, 9.17) is 18.6 Å². The maximum Gasteiger partial charge on any atom is 0.256 e. The second-order valence-electron chi connectivity index (χ2n) is 7.71. The first-order chi connectivity index (χ1) is 16.0. The number of hydrogen-bond donors (Lipinski definition) is 0. The quantitative estimate of drug-likeness (QED) is 0.508. The number of ether oxygens (including phenoxy) is 3. The monoisotopic (exact) mass is 476 g/mol. The van der Waals surface area contributed by atoms with Gasteiger partial charge in [-0.25, -0.2) is 0 Å². The van der Waals surface area contributed by atoms with Gasteiger partial charge in [0.1, 0.15) is 11.4 Å². The average molecular weight is 477 g/mol. The fourth-order valence-electron chi connectivity index (χ4n) is 4.05. The molecule has 1 aliphatic heterocycles. The highest BCUT2D eigenvalue weighted by atomic mass is 32.2. The minimum Gasteiger partial charge on any atom is -0.493 e. The van der Waals surface area contributed by atoms with Gasteiger partial charge in [-0.15, -0.1) is 11.8 Å². The van der Waals surface area contributed by atoms with E-state index in [0.717, 1.165) is 18.4 Å². The Hall–Kier alpha value is -2.81. The third kappa shape index (κ3) is 5.08. The van der Waals surface area contributed by atoms with Crippen molar-refractivity contribution in [2.24, 2.45) is 0 Å². The number of hydrogen-bond acceptors (Lipinski definition) is 7. The van der Waals surface area contributed by atoms with Crippen LogP contribution in [0.2, 0.25) is 0 Å². The summed E-state index contributed by atoms with van der Waals surface area (Å²) in [7, 11) is 4.52. The molecule has 0 N–H and O–H groups in total. The van der Waals surface area contributed by atoms with Crippen LogP contribution in [0.3, 0.4) is 0 Å². The van der Waals surface area contributed by atoms with Crippen molar-refractivity contribution in [3.63, 3.8) is 0 Å². The highest BCUT2D eigenvalue weighted by Gasteiger charge is 2.44. The summed E-state index contributed by atoms with van der Waals surface area (Å²) in [6.45, 7) is 5.42. The Bertz CT molecular complexity index is 917. The second kappa shape index (κ2) is 11.4. The van der Waals surface area contributed by atoms with E-state index >= 15 is 0 Å². The summed E-state index contributed by atoms with van der Waals surface area (Å²) in [6.07, 6.45) is 4.92. The molecule has 1 aliphatic rings. The first-order valence-electron chi connectivity index (χ1n) is 11.1. The van der Waals surface area contributed by atoms with Gasteiger partial charge in [0.2, 0.25) is 11.7 Å². The number of nitrogens with zero attached hydrogens (tertiary/aromatic N) is 2. The van der Waals surface area contributed by atoms with E-state index < -0.39 is 6.04 Å². The molecular formula is C24H32N2O6S. The summed E-state index contributed by atoms with van der Waals surface area (Å²) >= 11 is 1.56. The van der Waals surface area contributed by atoms with Crippen LogP contribution in [0.25, 0.3) is 0 Å². The zero-order valence-corrected chi connectivity index (χ0v) is 20.6. The lowest BCUT2D eigenvalue weighted by atomic mass is 10.1. The Labute approximate surface area is 199 Å². The molecule has 0 spiro atoms. The van der Waals surface area contributed by atoms with Gasteiger partial charge in [-0.1, -0.05) is 13.8 Å². The van der Waals surface area contributed by atoms with Gasteiger partial charge in [0.05, 0.1) is 33.9 Å². The molecule has 2 heterocycles. The molecule has 9 heteroatoms. The molecule has 0 bridgehead atoms. The van der Waals surface area contributed by atoms with Crippen LogP contribution in [-0.4, -0.2) is 67.8 Å². The van der Waals surface area contributed by atoms with Gasteiger partial charge in [-0.2, -0.15) is 0 Å². The third-order valence-corrected chi connectivity index (χ3v) is 6.88. The molecule has 0 saturated carbocycles. The summed E-state index contributed by atoms with van der Waals surface area (Å²) in [5, 5.41) is -0.339. The Morgan fingerprint density at radius 3 is 2.21 bits per heavy atom. The van der Waals surface area contributed by atoms with Crippen LogP contribution in [0, 0.1) is 0 Å². The number of carbonyl (C=O) groups is 2. The number of carbonyl (C=O) groups excluding carboxylic acids is 2. The highest BCUT2D eigenvalue weighted by Crippen LogP contribution is 2.44. The molecule has 1 fully saturated rings. The molecule has 1 aromatic carbocycles. The molecule has 0 radical (unpaired) electrons. The van der Waals surface area contributed by atoms with Gasteiger partial charge in [-0.3, -0.25) is 9.59 Å². The second-order valence-corrected chi connectivity index (χ2v) is 8.82. The van der Waals surface area contributed by atoms with Gasteiger partial charge in [-0.05, 0) is 31.0 Å². The lowest BCUT2D eigenvalue weighted by molar-refractivity contribution is -0.135. The fourth-order valence-corrected chi connectivity index (χ4v) is 5.45. The van der Waals surface area contributed by atoms with Gasteiger partial charge in [0.15, 0.2) is 11.5 Å². The van der Waals surface area contributed by atoms with Gasteiger partial charge < -0.3 is 28.4 Å². The van der Waals surface area contributed by atoms with Crippen LogP contribution < -0.4 is 14.2 Å². The van der Waals surface area contributed by atoms with Gasteiger partial charge in [0, 0.05) is 30.0 Å². The molecule has 2 amide bonds. The SMILES string of the molecule is CCCN(CCC)C(=O)C1CSC(c2ccoc2)N1C(=O)c1cc(OC)c(OC)c(OC)c1. The molecule has 180 valence electrons. The van der Waals surface area contributed by atoms with Crippen LogP contribution in [0.1, 0.15) is 48.0 Å². The van der Waals surface area contributed by atoms with Gasteiger partial charge >= 0.3 is 0 Å². The zero-order chi connectivity index (χ0) is 24.0. The number of rotatable bonds is 10. The summed E-state index contributed by atoms with van der Waals surface area (Å²) in [5.41, 5.74) is 1.20. The zero-order valence-electron chi connectivity index (χ0n) is 19.8. The van der Waals surface area contributed by atoms with Crippen molar-refractivity contribution in [1.82, 2.24) is 9.80 Å². The minimum absolute atomic E-state index is 0.0296. The average Bonchev–Trinajstić information content (AvgIpc) is 3.51. The Kier molecular flexibility index (Phi) is 8.55. The number of thioether (sulfide) groups is 1. The van der Waals surface area contributed by atoms with E-state index in [9.17, 15) is 9.59 Å². The van der Waals surface area contributed by atoms with Crippen LogP contribution in [-0.2, 0) is 4.79 Å². The molecule has 0 aliphatic carbocycles. The topological polar surface area (TPSA) is 81.5 Å². The maximum absolute atomic E-state index is 13.9. The largest absolute Gasteiger partial charge is 0.493 e. The van der Waals surface area contributed by atoms with Crippen LogP contribution in [0.5, 0.6) is 17.2 Å². The van der Waals surface area contributed by atoms with E-state index in [-0.39, 0.29) is 17.2 Å². The number of benzene rings is 1. The lowest BCUT2D eigenvalue weighted by Gasteiger charge is -2.32. The maximum atomic E-state index is 13.9. The smallest absolute Gasteiger partial charge is 0.256 e. The molecular weight excluding hydrogens is 444 g/mol. The summed E-state index contributed by atoms with van der Waals surface area (Å²) in [5.74, 6) is 1.37. The van der Waals surface area contributed by atoms with Crippen molar-refractivity contribution in [3.8, 4) is 17.2 Å². The number of amides is 2. The standard InChI is InChI=1S/C24H32N2O6S/c1-6-9-25(10-7-2)23(28)18-15-33-24(16-8-11-32-14-16)26(18)22(27)17-12-19(29-3)21(31-5)20(13-17)30-4/h8,11-14,18,24H,6-7,9-10,15H2,1-5H3. The number of methoxy groups -OCH3 is 3. The van der Waals surface area contributed by atoms with E-state index in [1.54, 1.807) is 41.3 Å². The first-order valence-corrected chi connectivity index (χ1v) is 12.1. The molecule has 3 rings (SSSR count). The molecule has 1 aromatic heterocycles. The minimum atomic E-state index is -0.584. The van der Waals surface area contributed by atoms with E-state index in [1.807, 2.05) is 24.8 Å². The highest BCUT2D eigenvalue weighted by molar-refractivity contribution is 7.99. The van der Waals surface area contributed by atoms with Crippen molar-refractivity contribution in [1.29, 1.82) is 0 Å². The summed E-state index contributed by atoms with van der Waals surface area (Å²) in [6, 6.07) is 4.49. The molecule has 2 unspecified atom stereocenters. The summed E-state index contributed by atoms with van der Waals surface area (Å²) in [4.78, 5) is 31.0. The molecule has 8 nitrogen and oxygen atoms in total. The number of furan rings is 1. The van der Waals surface area contributed by atoms with Crippen LogP contribution in [0.4, 0.5) is 0 Å². The Morgan fingerprint density at radius 2 is 1.73 bits per heavy atom.